The summed E-state index contributed by atoms with van der Waals surface area (Å²) in [6.07, 6.45) is 1.56. The molecule has 0 aliphatic heterocycles. The molecule has 0 saturated heterocycles. The fraction of sp³-hybridized carbons (Fsp3) is 0.192. The van der Waals surface area contributed by atoms with E-state index in [9.17, 15) is 13.2 Å². The fourth-order valence-corrected chi connectivity index (χ4v) is 4.74. The van der Waals surface area contributed by atoms with Gasteiger partial charge in [-0.1, -0.05) is 66.2 Å². The minimum atomic E-state index is -3.65. The van der Waals surface area contributed by atoms with Gasteiger partial charge >= 0.3 is 0 Å². The number of nitrogens with one attached hydrogen (secondary N) is 1. The Morgan fingerprint density at radius 3 is 2.22 bits per heavy atom. The van der Waals surface area contributed by atoms with E-state index in [0.717, 1.165) is 11.1 Å². The molecule has 6 heteroatoms. The van der Waals surface area contributed by atoms with Gasteiger partial charge in [0.25, 0.3) is 5.91 Å². The van der Waals surface area contributed by atoms with Crippen molar-refractivity contribution in [3.05, 3.63) is 114 Å². The van der Waals surface area contributed by atoms with Crippen molar-refractivity contribution in [2.24, 2.45) is 0 Å². The number of sulfonamides is 1. The maximum Gasteiger partial charge on any atom is 0.251 e. The number of amides is 1. The summed E-state index contributed by atoms with van der Waals surface area (Å²) < 4.78 is 27.4. The summed E-state index contributed by atoms with van der Waals surface area (Å²) in [5, 5.41) is 3.00. The molecule has 0 saturated carbocycles. The Hall–Kier alpha value is -3.22. The highest BCUT2D eigenvalue weighted by Gasteiger charge is 2.23. The third kappa shape index (κ3) is 5.72. The second-order valence-electron chi connectivity index (χ2n) is 7.70. The van der Waals surface area contributed by atoms with Crippen molar-refractivity contribution < 1.29 is 13.2 Å². The largest absolute Gasteiger partial charge is 0.346 e. The molecule has 0 bridgehead atoms. The first-order valence-corrected chi connectivity index (χ1v) is 11.9. The SMILES string of the molecule is C=CCN(Cc1ccc(C(=O)NC(C)c2ccc(C)cc2)cc1)S(=O)(=O)c1ccccc1. The predicted molar refractivity (Wildman–Crippen MR) is 128 cm³/mol. The molecule has 1 atom stereocenters. The number of hydrogen-bond donors (Lipinski definition) is 1. The molecule has 166 valence electrons. The fourth-order valence-electron chi connectivity index (χ4n) is 3.32. The third-order valence-electron chi connectivity index (χ3n) is 5.21. The third-order valence-corrected chi connectivity index (χ3v) is 7.04. The molecule has 5 nitrogen and oxygen atoms in total. The van der Waals surface area contributed by atoms with Gasteiger partial charge in [-0.05, 0) is 49.2 Å². The molecule has 1 amide bonds. The van der Waals surface area contributed by atoms with E-state index in [4.69, 9.17) is 0 Å². The number of rotatable bonds is 9. The number of nitrogens with zero attached hydrogens (tertiary/aromatic N) is 1. The topological polar surface area (TPSA) is 66.5 Å². The highest BCUT2D eigenvalue weighted by atomic mass is 32.2. The number of benzene rings is 3. The van der Waals surface area contributed by atoms with Crippen molar-refractivity contribution in [1.29, 1.82) is 0 Å². The van der Waals surface area contributed by atoms with Crippen molar-refractivity contribution in [2.75, 3.05) is 6.54 Å². The van der Waals surface area contributed by atoms with E-state index in [2.05, 4.69) is 11.9 Å². The van der Waals surface area contributed by atoms with E-state index >= 15 is 0 Å². The van der Waals surface area contributed by atoms with Crippen LogP contribution in [0.15, 0.2) is 96.4 Å². The Bertz CT molecular complexity index is 1160. The average Bonchev–Trinajstić information content (AvgIpc) is 2.80. The summed E-state index contributed by atoms with van der Waals surface area (Å²) in [6, 6.07) is 23.2. The van der Waals surface area contributed by atoms with Crippen molar-refractivity contribution >= 4 is 15.9 Å². The molecule has 0 aliphatic rings. The predicted octanol–water partition coefficient (Wildman–Crippen LogP) is 4.86. The van der Waals surface area contributed by atoms with Crippen molar-refractivity contribution in [2.45, 2.75) is 31.3 Å². The first-order valence-electron chi connectivity index (χ1n) is 10.4. The second-order valence-corrected chi connectivity index (χ2v) is 9.64. The first kappa shape index (κ1) is 23.4. The molecular weight excluding hydrogens is 420 g/mol. The molecule has 3 aromatic carbocycles. The van der Waals surface area contributed by atoms with Gasteiger partial charge in [-0.15, -0.1) is 6.58 Å². The van der Waals surface area contributed by atoms with Crippen LogP contribution in [0, 0.1) is 6.92 Å². The summed E-state index contributed by atoms with van der Waals surface area (Å²) in [7, 11) is -3.65. The maximum absolute atomic E-state index is 13.0. The molecular formula is C26H28N2O3S. The highest BCUT2D eigenvalue weighted by molar-refractivity contribution is 7.89. The zero-order valence-electron chi connectivity index (χ0n) is 18.4. The molecule has 0 radical (unpaired) electrons. The van der Waals surface area contributed by atoms with E-state index in [1.54, 1.807) is 60.7 Å². The average molecular weight is 449 g/mol. The minimum absolute atomic E-state index is 0.123. The van der Waals surface area contributed by atoms with Crippen LogP contribution < -0.4 is 5.32 Å². The molecule has 0 aliphatic carbocycles. The smallest absolute Gasteiger partial charge is 0.251 e. The van der Waals surface area contributed by atoms with Crippen molar-refractivity contribution in [3.63, 3.8) is 0 Å². The van der Waals surface area contributed by atoms with E-state index in [1.807, 2.05) is 38.1 Å². The maximum atomic E-state index is 13.0. The van der Waals surface area contributed by atoms with Crippen LogP contribution in [-0.2, 0) is 16.6 Å². The lowest BCUT2D eigenvalue weighted by atomic mass is 10.1. The number of hydrogen-bond acceptors (Lipinski definition) is 3. The van der Waals surface area contributed by atoms with Gasteiger partial charge in [-0.2, -0.15) is 4.31 Å². The van der Waals surface area contributed by atoms with Gasteiger partial charge in [-0.3, -0.25) is 4.79 Å². The van der Waals surface area contributed by atoms with Crippen LogP contribution in [0.5, 0.6) is 0 Å². The van der Waals surface area contributed by atoms with Gasteiger partial charge in [-0.25, -0.2) is 8.42 Å². The molecule has 32 heavy (non-hydrogen) atoms. The molecule has 1 unspecified atom stereocenters. The molecule has 0 aromatic heterocycles. The van der Waals surface area contributed by atoms with Gasteiger partial charge in [0, 0.05) is 18.7 Å². The lowest BCUT2D eigenvalue weighted by Crippen LogP contribution is -2.31. The monoisotopic (exact) mass is 448 g/mol. The quantitative estimate of drug-likeness (QED) is 0.475. The van der Waals surface area contributed by atoms with Gasteiger partial charge in [0.05, 0.1) is 10.9 Å². The minimum Gasteiger partial charge on any atom is -0.346 e. The standard InChI is InChI=1S/C26H28N2O3S/c1-4-18-28(32(30,31)25-8-6-5-7-9-25)19-22-12-16-24(17-13-22)26(29)27-21(3)23-14-10-20(2)11-15-23/h4-17,21H,1,18-19H2,2-3H3,(H,27,29). The van der Waals surface area contributed by atoms with Gasteiger partial charge < -0.3 is 5.32 Å². The summed E-state index contributed by atoms with van der Waals surface area (Å²) in [5.74, 6) is -0.176. The van der Waals surface area contributed by atoms with E-state index in [0.29, 0.717) is 5.56 Å². The first-order chi connectivity index (χ1) is 15.3. The van der Waals surface area contributed by atoms with Crippen LogP contribution in [0.3, 0.4) is 0 Å². The van der Waals surface area contributed by atoms with Crippen LogP contribution >= 0.6 is 0 Å². The summed E-state index contributed by atoms with van der Waals surface area (Å²) >= 11 is 0. The van der Waals surface area contributed by atoms with Crippen LogP contribution in [-0.4, -0.2) is 25.2 Å². The van der Waals surface area contributed by atoms with Crippen LogP contribution in [0.1, 0.15) is 40.0 Å². The van der Waals surface area contributed by atoms with Crippen LogP contribution in [0.4, 0.5) is 0 Å². The van der Waals surface area contributed by atoms with Crippen LogP contribution in [0.2, 0.25) is 0 Å². The van der Waals surface area contributed by atoms with E-state index in [1.165, 1.54) is 9.87 Å². The van der Waals surface area contributed by atoms with Gasteiger partial charge in [0.1, 0.15) is 0 Å². The van der Waals surface area contributed by atoms with Gasteiger partial charge in [0.2, 0.25) is 10.0 Å². The molecule has 3 aromatic rings. The normalized spacial score (nSPS) is 12.3. The van der Waals surface area contributed by atoms with Crippen molar-refractivity contribution in [1.82, 2.24) is 9.62 Å². The number of carbonyl (C=O) groups excluding carboxylic acids is 1. The van der Waals surface area contributed by atoms with Gasteiger partial charge in [0.15, 0.2) is 0 Å². The Morgan fingerprint density at radius 2 is 1.62 bits per heavy atom. The summed E-state index contributed by atoms with van der Waals surface area (Å²) in [6.45, 7) is 8.02. The Labute approximate surface area is 190 Å². The number of carbonyl (C=O) groups is 1. The molecule has 3 rings (SSSR count). The lowest BCUT2D eigenvalue weighted by Gasteiger charge is -2.21. The zero-order chi connectivity index (χ0) is 23.1. The zero-order valence-corrected chi connectivity index (χ0v) is 19.2. The molecule has 0 heterocycles. The van der Waals surface area contributed by atoms with E-state index in [-0.39, 0.29) is 29.9 Å². The van der Waals surface area contributed by atoms with Crippen LogP contribution in [0.25, 0.3) is 0 Å². The summed E-state index contributed by atoms with van der Waals surface area (Å²) in [5.41, 5.74) is 3.51. The Morgan fingerprint density at radius 1 is 1.00 bits per heavy atom. The van der Waals surface area contributed by atoms with Crippen molar-refractivity contribution in [3.8, 4) is 0 Å². The second kappa shape index (κ2) is 10.4. The molecule has 0 spiro atoms. The lowest BCUT2D eigenvalue weighted by molar-refractivity contribution is 0.0940. The summed E-state index contributed by atoms with van der Waals surface area (Å²) in [4.78, 5) is 12.9. The van der Waals surface area contributed by atoms with E-state index < -0.39 is 10.0 Å². The Kier molecular flexibility index (Phi) is 7.62. The number of aryl methyl sites for hydroxylation is 1. The molecule has 1 N–H and O–H groups in total. The molecule has 0 fully saturated rings. The Balaban J connectivity index is 1.70. The highest BCUT2D eigenvalue weighted by Crippen LogP contribution is 2.19.